The van der Waals surface area contributed by atoms with Gasteiger partial charge in [-0.3, -0.25) is 9.59 Å². The van der Waals surface area contributed by atoms with Crippen LogP contribution in [0, 0.1) is 11.3 Å². The number of likely N-dealkylation sites (tertiary alicyclic amines) is 1. The van der Waals surface area contributed by atoms with Crippen molar-refractivity contribution in [1.82, 2.24) is 20.5 Å². The number of carbonyl (C=O) groups is 4. The van der Waals surface area contributed by atoms with E-state index in [1.54, 1.807) is 40.9 Å². The van der Waals surface area contributed by atoms with Gasteiger partial charge in [-0.15, -0.1) is 6.58 Å². The summed E-state index contributed by atoms with van der Waals surface area (Å²) in [7, 11) is 1.59. The number of rotatable bonds is 11. The molecule has 1 aromatic heterocycles. The molecule has 2 unspecified atom stereocenters. The molecule has 3 aromatic rings. The van der Waals surface area contributed by atoms with Crippen molar-refractivity contribution >= 4 is 34.8 Å². The molecule has 1 aliphatic carbocycles. The molecule has 1 saturated heterocycles. The fourth-order valence-corrected chi connectivity index (χ4v) is 6.52. The van der Waals surface area contributed by atoms with Crippen molar-refractivity contribution in [1.29, 1.82) is 0 Å². The molecule has 12 nitrogen and oxygen atoms in total. The molecule has 0 spiro atoms. The summed E-state index contributed by atoms with van der Waals surface area (Å²) in [6.45, 7) is 16.4. The maximum Gasteiger partial charge on any atom is 0.408 e. The quantitative estimate of drug-likeness (QED) is 0.185. The van der Waals surface area contributed by atoms with Crippen LogP contribution in [0.4, 0.5) is 4.79 Å². The molecular formula is C40H50N4O8. The van der Waals surface area contributed by atoms with Crippen molar-refractivity contribution in [2.45, 2.75) is 90.6 Å². The first kappa shape index (κ1) is 38.1. The van der Waals surface area contributed by atoms with E-state index in [1.165, 1.54) is 4.90 Å². The molecule has 5 rings (SSSR count). The second-order valence-corrected chi connectivity index (χ2v) is 15.4. The largest absolute Gasteiger partial charge is 0.497 e. The number of esters is 1. The Kier molecular flexibility index (Phi) is 10.9. The minimum Gasteiger partial charge on any atom is -0.497 e. The Morgan fingerprint density at radius 2 is 1.77 bits per heavy atom. The summed E-state index contributed by atoms with van der Waals surface area (Å²) in [5.41, 5.74) is -0.642. The number of hydrogen-bond acceptors (Lipinski definition) is 9. The Morgan fingerprint density at radius 3 is 2.37 bits per heavy atom. The SMILES string of the molecule is C=CC1C[C@]1(NC(=O)C1C[C@@H](Oc2cc(-c3ccccc3)nc3cc(OC)ccc23)CN1C(=O)[C@@H](NC(=O)OC(C)(C)C)C(C)(C)C)C(=O)OCC. The van der Waals surface area contributed by atoms with Gasteiger partial charge in [-0.05, 0) is 51.7 Å². The van der Waals surface area contributed by atoms with Gasteiger partial charge in [0.25, 0.3) is 0 Å². The van der Waals surface area contributed by atoms with Crippen LogP contribution < -0.4 is 20.1 Å². The zero-order chi connectivity index (χ0) is 38.0. The molecule has 2 aromatic carbocycles. The monoisotopic (exact) mass is 714 g/mol. The Hall–Kier alpha value is -5.13. The van der Waals surface area contributed by atoms with Crippen molar-refractivity contribution < 1.29 is 38.1 Å². The van der Waals surface area contributed by atoms with E-state index in [1.807, 2.05) is 75.4 Å². The number of carbonyl (C=O) groups excluding carboxylic acids is 4. The maximum absolute atomic E-state index is 14.6. The first-order chi connectivity index (χ1) is 24.5. The van der Waals surface area contributed by atoms with Gasteiger partial charge in [-0.1, -0.05) is 57.2 Å². The normalized spacial score (nSPS) is 21.8. The van der Waals surface area contributed by atoms with Crippen LogP contribution in [0.3, 0.4) is 0 Å². The zero-order valence-electron chi connectivity index (χ0n) is 31.3. The molecule has 1 saturated carbocycles. The van der Waals surface area contributed by atoms with Crippen molar-refractivity contribution in [3.8, 4) is 22.8 Å². The molecule has 1 aliphatic heterocycles. The number of ether oxygens (including phenoxy) is 4. The summed E-state index contributed by atoms with van der Waals surface area (Å²) in [5.74, 6) is -0.744. The van der Waals surface area contributed by atoms with Crippen LogP contribution in [-0.2, 0) is 23.9 Å². The molecule has 5 atom stereocenters. The Morgan fingerprint density at radius 1 is 1.06 bits per heavy atom. The molecule has 0 bridgehead atoms. The van der Waals surface area contributed by atoms with Gasteiger partial charge in [0.1, 0.15) is 40.8 Å². The van der Waals surface area contributed by atoms with E-state index in [9.17, 15) is 19.2 Å². The van der Waals surface area contributed by atoms with Crippen LogP contribution in [-0.4, -0.2) is 83.3 Å². The average molecular weight is 715 g/mol. The lowest BCUT2D eigenvalue weighted by atomic mass is 9.85. The van der Waals surface area contributed by atoms with Crippen LogP contribution in [0.2, 0.25) is 0 Å². The fourth-order valence-electron chi connectivity index (χ4n) is 6.52. The van der Waals surface area contributed by atoms with E-state index in [0.29, 0.717) is 29.1 Å². The van der Waals surface area contributed by atoms with Gasteiger partial charge in [0.2, 0.25) is 11.8 Å². The van der Waals surface area contributed by atoms with Gasteiger partial charge in [0.15, 0.2) is 0 Å². The smallest absolute Gasteiger partial charge is 0.408 e. The second-order valence-electron chi connectivity index (χ2n) is 15.4. The van der Waals surface area contributed by atoms with Crippen LogP contribution in [0.1, 0.15) is 61.3 Å². The van der Waals surface area contributed by atoms with Gasteiger partial charge in [-0.25, -0.2) is 14.6 Å². The standard InChI is InChI=1S/C40H50N4O8/c1-10-25-22-40(25,36(47)50-11-2)43-34(45)31-20-27(23-44(31)35(46)33(38(3,4)5)42-37(48)52-39(6,7)8)51-32-21-29(24-15-13-12-14-16-24)41-30-19-26(49-9)17-18-28(30)32/h10,12-19,21,25,27,31,33H,1,11,20,22-23H2,2-9H3,(H,42,48)(H,43,45)/t25?,27-,31?,33-,40-/m1/s1. The summed E-state index contributed by atoms with van der Waals surface area (Å²) in [6.07, 6.45) is 0.662. The highest BCUT2D eigenvalue weighted by Crippen LogP contribution is 2.46. The van der Waals surface area contributed by atoms with E-state index >= 15 is 0 Å². The first-order valence-corrected chi connectivity index (χ1v) is 17.6. The number of amides is 3. The number of benzene rings is 2. The Balaban J connectivity index is 1.51. The lowest BCUT2D eigenvalue weighted by Gasteiger charge is -2.36. The number of fused-ring (bicyclic) bond motifs is 1. The Labute approximate surface area is 305 Å². The Bertz CT molecular complexity index is 1830. The van der Waals surface area contributed by atoms with E-state index in [-0.39, 0.29) is 25.5 Å². The summed E-state index contributed by atoms with van der Waals surface area (Å²) in [5, 5.41) is 6.39. The predicted octanol–water partition coefficient (Wildman–Crippen LogP) is 5.82. The van der Waals surface area contributed by atoms with Crippen LogP contribution in [0.25, 0.3) is 22.2 Å². The molecule has 2 heterocycles. The van der Waals surface area contributed by atoms with Gasteiger partial charge >= 0.3 is 12.1 Å². The van der Waals surface area contributed by atoms with Crippen LogP contribution in [0.5, 0.6) is 11.5 Å². The van der Waals surface area contributed by atoms with Gasteiger partial charge in [-0.2, -0.15) is 0 Å². The third kappa shape index (κ3) is 8.32. The summed E-state index contributed by atoms with van der Waals surface area (Å²) in [6, 6.07) is 14.9. The van der Waals surface area contributed by atoms with Crippen LogP contribution in [0.15, 0.2) is 67.3 Å². The summed E-state index contributed by atoms with van der Waals surface area (Å²) >= 11 is 0. The first-order valence-electron chi connectivity index (χ1n) is 17.6. The van der Waals surface area contributed by atoms with Crippen molar-refractivity contribution in [2.24, 2.45) is 11.3 Å². The number of nitrogens with one attached hydrogen (secondary N) is 2. The van der Waals surface area contributed by atoms with Gasteiger partial charge < -0.3 is 34.5 Å². The van der Waals surface area contributed by atoms with Crippen molar-refractivity contribution in [3.05, 3.63) is 67.3 Å². The number of nitrogens with zero attached hydrogens (tertiary/aromatic N) is 2. The van der Waals surface area contributed by atoms with Crippen molar-refractivity contribution in [2.75, 3.05) is 20.3 Å². The predicted molar refractivity (Wildman–Crippen MR) is 197 cm³/mol. The third-order valence-corrected chi connectivity index (χ3v) is 9.25. The highest BCUT2D eigenvalue weighted by atomic mass is 16.6. The highest BCUT2D eigenvalue weighted by Gasteiger charge is 2.62. The summed E-state index contributed by atoms with van der Waals surface area (Å²) < 4.78 is 23.0. The van der Waals surface area contributed by atoms with Gasteiger partial charge in [0, 0.05) is 35.4 Å². The molecule has 52 heavy (non-hydrogen) atoms. The second kappa shape index (κ2) is 14.8. The topological polar surface area (TPSA) is 145 Å². The van der Waals surface area contributed by atoms with E-state index in [0.717, 1.165) is 10.9 Å². The lowest BCUT2D eigenvalue weighted by molar-refractivity contribution is -0.150. The minimum absolute atomic E-state index is 0.0252. The van der Waals surface area contributed by atoms with E-state index < -0.39 is 58.6 Å². The molecule has 0 radical (unpaired) electrons. The number of aromatic nitrogens is 1. The molecule has 2 N–H and O–H groups in total. The number of pyridine rings is 1. The number of methoxy groups -OCH3 is 1. The molecule has 12 heteroatoms. The molecule has 278 valence electrons. The fraction of sp³-hybridized carbons (Fsp3) is 0.475. The minimum atomic E-state index is -1.27. The third-order valence-electron chi connectivity index (χ3n) is 9.25. The van der Waals surface area contributed by atoms with E-state index in [2.05, 4.69) is 17.2 Å². The van der Waals surface area contributed by atoms with Crippen molar-refractivity contribution in [3.63, 3.8) is 0 Å². The average Bonchev–Trinajstić information content (AvgIpc) is 3.64. The number of hydrogen-bond donors (Lipinski definition) is 2. The molecular weight excluding hydrogens is 664 g/mol. The molecule has 2 aliphatic rings. The van der Waals surface area contributed by atoms with Crippen LogP contribution >= 0.6 is 0 Å². The molecule has 3 amide bonds. The highest BCUT2D eigenvalue weighted by molar-refractivity contribution is 5.97. The van der Waals surface area contributed by atoms with Gasteiger partial charge in [0.05, 0.1) is 31.5 Å². The number of alkyl carbamates (subject to hydrolysis) is 1. The maximum atomic E-state index is 14.6. The van der Waals surface area contributed by atoms with E-state index in [4.69, 9.17) is 23.9 Å². The summed E-state index contributed by atoms with van der Waals surface area (Å²) in [4.78, 5) is 61.2. The molecule has 2 fully saturated rings. The lowest BCUT2D eigenvalue weighted by Crippen LogP contribution is -2.59. The zero-order valence-corrected chi connectivity index (χ0v) is 31.3.